The van der Waals surface area contributed by atoms with Gasteiger partial charge >= 0.3 is 0 Å². The molecule has 0 bridgehead atoms. The van der Waals surface area contributed by atoms with Gasteiger partial charge in [-0.3, -0.25) is 9.69 Å². The summed E-state index contributed by atoms with van der Waals surface area (Å²) in [5, 5.41) is 0. The third kappa shape index (κ3) is 4.20. The molecule has 0 atom stereocenters. The summed E-state index contributed by atoms with van der Waals surface area (Å²) < 4.78 is 0. The van der Waals surface area contributed by atoms with Gasteiger partial charge in [-0.05, 0) is 23.1 Å². The maximum Gasteiger partial charge on any atom is 0.223 e. The predicted octanol–water partition coefficient (Wildman–Crippen LogP) is 3.09. The topological polar surface area (TPSA) is 23.6 Å². The van der Waals surface area contributed by atoms with Gasteiger partial charge in [-0.15, -0.1) is 0 Å². The van der Waals surface area contributed by atoms with Crippen LogP contribution >= 0.6 is 0 Å². The molecule has 0 N–H and O–H groups in total. The van der Waals surface area contributed by atoms with Crippen LogP contribution in [-0.2, 0) is 24.3 Å². The van der Waals surface area contributed by atoms with Gasteiger partial charge < -0.3 is 4.90 Å². The fourth-order valence-corrected chi connectivity index (χ4v) is 3.14. The normalized spacial score (nSPS) is 14.3. The molecule has 0 unspecified atom stereocenters. The Hall–Kier alpha value is -2.13. The molecule has 23 heavy (non-hydrogen) atoms. The highest BCUT2D eigenvalue weighted by atomic mass is 16.2. The minimum atomic E-state index is 0.215. The highest BCUT2D eigenvalue weighted by molar-refractivity contribution is 5.76. The number of fused-ring (bicyclic) bond motifs is 1. The molecule has 2 aromatic rings. The fourth-order valence-electron chi connectivity index (χ4n) is 3.14. The van der Waals surface area contributed by atoms with Crippen molar-refractivity contribution in [3.8, 4) is 0 Å². The molecule has 2 aromatic carbocycles. The van der Waals surface area contributed by atoms with Crippen molar-refractivity contribution in [3.63, 3.8) is 0 Å². The molecule has 0 saturated carbocycles. The number of carbonyl (C=O) groups is 1. The average Bonchev–Trinajstić information content (AvgIpc) is 2.60. The SMILES string of the molecule is CN(Cc1ccccc1)C(=O)CCN1CCc2ccccc2C1. The summed E-state index contributed by atoms with van der Waals surface area (Å²) in [6.07, 6.45) is 1.68. The molecule has 0 radical (unpaired) electrons. The van der Waals surface area contributed by atoms with Crippen LogP contribution in [0.1, 0.15) is 23.1 Å². The number of amides is 1. The lowest BCUT2D eigenvalue weighted by molar-refractivity contribution is -0.130. The lowest BCUT2D eigenvalue weighted by Crippen LogP contribution is -2.35. The number of benzene rings is 2. The second-order valence-corrected chi connectivity index (χ2v) is 6.28. The molecule has 1 amide bonds. The smallest absolute Gasteiger partial charge is 0.223 e. The summed E-state index contributed by atoms with van der Waals surface area (Å²) in [6.45, 7) is 3.54. The number of nitrogens with zero attached hydrogens (tertiary/aromatic N) is 2. The van der Waals surface area contributed by atoms with Crippen molar-refractivity contribution < 1.29 is 4.79 Å². The molecule has 0 fully saturated rings. The molecule has 0 spiro atoms. The maximum absolute atomic E-state index is 12.3. The number of hydrogen-bond acceptors (Lipinski definition) is 2. The van der Waals surface area contributed by atoms with E-state index in [9.17, 15) is 4.79 Å². The average molecular weight is 308 g/mol. The summed E-state index contributed by atoms with van der Waals surface area (Å²) in [6, 6.07) is 18.8. The van der Waals surface area contributed by atoms with Crippen LogP contribution < -0.4 is 0 Å². The largest absolute Gasteiger partial charge is 0.341 e. The third-order valence-corrected chi connectivity index (χ3v) is 4.54. The van der Waals surface area contributed by atoms with Crippen molar-refractivity contribution in [2.75, 3.05) is 20.1 Å². The number of rotatable bonds is 5. The molecule has 3 heteroatoms. The Morgan fingerprint density at radius 3 is 2.52 bits per heavy atom. The first-order valence-corrected chi connectivity index (χ1v) is 8.29. The van der Waals surface area contributed by atoms with Gasteiger partial charge in [-0.2, -0.15) is 0 Å². The number of carbonyl (C=O) groups excluding carboxylic acids is 1. The van der Waals surface area contributed by atoms with Gasteiger partial charge in [0.1, 0.15) is 0 Å². The molecule has 1 aliphatic rings. The van der Waals surface area contributed by atoms with Gasteiger partial charge in [0.25, 0.3) is 0 Å². The van der Waals surface area contributed by atoms with Crippen molar-refractivity contribution in [3.05, 3.63) is 71.3 Å². The van der Waals surface area contributed by atoms with E-state index in [4.69, 9.17) is 0 Å². The van der Waals surface area contributed by atoms with Crippen LogP contribution in [0.5, 0.6) is 0 Å². The Kier molecular flexibility index (Phi) is 5.09. The molecule has 0 saturated heterocycles. The van der Waals surface area contributed by atoms with E-state index in [-0.39, 0.29) is 5.91 Å². The van der Waals surface area contributed by atoms with Crippen LogP contribution in [0.3, 0.4) is 0 Å². The van der Waals surface area contributed by atoms with Crippen molar-refractivity contribution >= 4 is 5.91 Å². The van der Waals surface area contributed by atoms with Crippen LogP contribution in [0.2, 0.25) is 0 Å². The minimum absolute atomic E-state index is 0.215. The van der Waals surface area contributed by atoms with E-state index in [2.05, 4.69) is 41.3 Å². The molecule has 1 aliphatic heterocycles. The first-order chi connectivity index (χ1) is 11.2. The molecular formula is C20H24N2O. The van der Waals surface area contributed by atoms with Gasteiger partial charge in [0.15, 0.2) is 0 Å². The van der Waals surface area contributed by atoms with Crippen LogP contribution in [0.15, 0.2) is 54.6 Å². The first kappa shape index (κ1) is 15.8. The molecule has 3 rings (SSSR count). The quantitative estimate of drug-likeness (QED) is 0.847. The first-order valence-electron chi connectivity index (χ1n) is 8.29. The molecule has 0 aromatic heterocycles. The minimum Gasteiger partial charge on any atom is -0.341 e. The van der Waals surface area contributed by atoms with Gasteiger partial charge in [-0.25, -0.2) is 0 Å². The summed E-state index contributed by atoms with van der Waals surface area (Å²) in [5.41, 5.74) is 4.04. The van der Waals surface area contributed by atoms with E-state index in [1.807, 2.05) is 30.1 Å². The zero-order valence-electron chi connectivity index (χ0n) is 13.7. The monoisotopic (exact) mass is 308 g/mol. The van der Waals surface area contributed by atoms with Crippen LogP contribution in [0.4, 0.5) is 0 Å². The van der Waals surface area contributed by atoms with Crippen molar-refractivity contribution in [2.24, 2.45) is 0 Å². The van der Waals surface area contributed by atoms with Gasteiger partial charge in [0.2, 0.25) is 5.91 Å². The van der Waals surface area contributed by atoms with Gasteiger partial charge in [0, 0.05) is 39.6 Å². The van der Waals surface area contributed by atoms with Crippen LogP contribution in [0, 0.1) is 0 Å². The van der Waals surface area contributed by atoms with E-state index in [0.29, 0.717) is 13.0 Å². The lowest BCUT2D eigenvalue weighted by atomic mass is 10.00. The molecule has 3 nitrogen and oxygen atoms in total. The number of hydrogen-bond donors (Lipinski definition) is 0. The zero-order valence-corrected chi connectivity index (χ0v) is 13.7. The van der Waals surface area contributed by atoms with Crippen LogP contribution in [-0.4, -0.2) is 35.8 Å². The molecule has 1 heterocycles. The fraction of sp³-hybridized carbons (Fsp3) is 0.350. The Morgan fingerprint density at radius 2 is 1.74 bits per heavy atom. The molecular weight excluding hydrogens is 284 g/mol. The van der Waals surface area contributed by atoms with E-state index >= 15 is 0 Å². The summed E-state index contributed by atoms with van der Waals surface area (Å²) in [7, 11) is 1.89. The zero-order chi connectivity index (χ0) is 16.1. The summed E-state index contributed by atoms with van der Waals surface area (Å²) in [4.78, 5) is 16.5. The summed E-state index contributed by atoms with van der Waals surface area (Å²) >= 11 is 0. The maximum atomic E-state index is 12.3. The van der Waals surface area contributed by atoms with Crippen LogP contribution in [0.25, 0.3) is 0 Å². The Labute approximate surface area is 138 Å². The van der Waals surface area contributed by atoms with Gasteiger partial charge in [0.05, 0.1) is 0 Å². The van der Waals surface area contributed by atoms with Gasteiger partial charge in [-0.1, -0.05) is 54.6 Å². The van der Waals surface area contributed by atoms with Crippen molar-refractivity contribution in [2.45, 2.75) is 25.9 Å². The Bertz CT molecular complexity index is 654. The second kappa shape index (κ2) is 7.42. The van der Waals surface area contributed by atoms with Crippen molar-refractivity contribution in [1.29, 1.82) is 0 Å². The third-order valence-electron chi connectivity index (χ3n) is 4.54. The highest BCUT2D eigenvalue weighted by Gasteiger charge is 2.17. The van der Waals surface area contributed by atoms with E-state index in [0.717, 1.165) is 26.1 Å². The van der Waals surface area contributed by atoms with E-state index in [1.165, 1.54) is 16.7 Å². The Morgan fingerprint density at radius 1 is 1.04 bits per heavy atom. The van der Waals surface area contributed by atoms with E-state index < -0.39 is 0 Å². The summed E-state index contributed by atoms with van der Waals surface area (Å²) in [5.74, 6) is 0.215. The molecule has 0 aliphatic carbocycles. The molecule has 120 valence electrons. The second-order valence-electron chi connectivity index (χ2n) is 6.28. The standard InChI is InChI=1S/C20H24N2O/c1-21(15-17-7-3-2-4-8-17)20(23)12-14-22-13-11-18-9-5-6-10-19(18)16-22/h2-10H,11-16H2,1H3. The Balaban J connectivity index is 1.48. The van der Waals surface area contributed by atoms with Crippen molar-refractivity contribution in [1.82, 2.24) is 9.80 Å². The highest BCUT2D eigenvalue weighted by Crippen LogP contribution is 2.18. The van der Waals surface area contributed by atoms with E-state index in [1.54, 1.807) is 0 Å². The lowest BCUT2D eigenvalue weighted by Gasteiger charge is -2.29. The predicted molar refractivity (Wildman–Crippen MR) is 93.0 cm³/mol.